The molecule has 0 aromatic carbocycles. The summed E-state index contributed by atoms with van der Waals surface area (Å²) in [6.45, 7) is 0. The Labute approximate surface area is 84.2 Å². The molecule has 7 nitrogen and oxygen atoms in total. The molecule has 8 heteroatoms. The lowest BCUT2D eigenvalue weighted by Gasteiger charge is -1.91. The second kappa shape index (κ2) is 10.2. The second-order valence-electron chi connectivity index (χ2n) is 1.40. The summed E-state index contributed by atoms with van der Waals surface area (Å²) in [6, 6.07) is 0. The molecule has 14 heavy (non-hydrogen) atoms. The van der Waals surface area contributed by atoms with Crippen molar-refractivity contribution >= 4 is 16.6 Å². The minimum atomic E-state index is -3.66. The molecule has 0 fully saturated rings. The highest BCUT2D eigenvalue weighted by Crippen LogP contribution is 1.85. The summed E-state index contributed by atoms with van der Waals surface area (Å²) in [5.41, 5.74) is 0. The normalized spacial score (nSPS) is 8.86. The van der Waals surface area contributed by atoms with E-state index in [1.165, 1.54) is 14.2 Å². The van der Waals surface area contributed by atoms with Crippen LogP contribution in [0.15, 0.2) is 0 Å². The number of carbonyl (C=O) groups excluding carboxylic acids is 1. The molecular formula is C6H16O7S. The quantitative estimate of drug-likeness (QED) is 0.642. The Balaban J connectivity index is -0.000000163. The largest absolute Gasteiger partial charge is 0.507 e. The van der Waals surface area contributed by atoms with E-state index in [9.17, 15) is 13.2 Å². The average Bonchev–Trinajstić information content (AvgIpc) is 2.17. The number of ether oxygens (including phenoxy) is 2. The maximum absolute atomic E-state index is 9.92. The van der Waals surface area contributed by atoms with Crippen molar-refractivity contribution in [3.8, 4) is 0 Å². The topological polar surface area (TPSA) is 88.1 Å². The van der Waals surface area contributed by atoms with Gasteiger partial charge in [0.05, 0.1) is 28.4 Å². The fraction of sp³-hybridized carbons (Fsp3) is 0.833. The SMILES string of the molecule is C.COC(=O)OC.COS(=O)(=O)OC. The summed E-state index contributed by atoms with van der Waals surface area (Å²) in [4.78, 5) is 9.74. The van der Waals surface area contributed by atoms with Gasteiger partial charge in [-0.2, -0.15) is 8.42 Å². The number of rotatable bonds is 2. The Morgan fingerprint density at radius 3 is 1.21 bits per heavy atom. The molecule has 88 valence electrons. The summed E-state index contributed by atoms with van der Waals surface area (Å²) >= 11 is 0. The van der Waals surface area contributed by atoms with Crippen molar-refractivity contribution in [2.24, 2.45) is 0 Å². The Kier molecular flexibility index (Phi) is 13.8. The summed E-state index contributed by atoms with van der Waals surface area (Å²) in [5.74, 6) is 0. The second-order valence-corrected chi connectivity index (χ2v) is 2.88. The molecule has 0 aromatic rings. The van der Waals surface area contributed by atoms with Crippen LogP contribution in [0.2, 0.25) is 0 Å². The molecule has 0 N–H and O–H groups in total. The lowest BCUT2D eigenvalue weighted by Crippen LogP contribution is -2.02. The molecule has 0 aliphatic carbocycles. The summed E-state index contributed by atoms with van der Waals surface area (Å²) < 4.78 is 35.6. The van der Waals surface area contributed by atoms with Gasteiger partial charge in [0, 0.05) is 0 Å². The maximum Gasteiger partial charge on any atom is 0.507 e. The van der Waals surface area contributed by atoms with Crippen molar-refractivity contribution in [1.29, 1.82) is 0 Å². The first-order valence-corrected chi connectivity index (χ1v) is 4.25. The van der Waals surface area contributed by atoms with Crippen LogP contribution in [0.25, 0.3) is 0 Å². The predicted molar refractivity (Wildman–Crippen MR) is 49.1 cm³/mol. The third-order valence-corrected chi connectivity index (χ3v) is 1.56. The van der Waals surface area contributed by atoms with E-state index in [2.05, 4.69) is 17.8 Å². The number of carbonyl (C=O) groups is 1. The van der Waals surface area contributed by atoms with Crippen LogP contribution in [-0.4, -0.2) is 43.0 Å². The van der Waals surface area contributed by atoms with Crippen molar-refractivity contribution < 1.29 is 31.1 Å². The van der Waals surface area contributed by atoms with E-state index in [4.69, 9.17) is 0 Å². The first-order valence-electron chi connectivity index (χ1n) is 2.91. The first-order chi connectivity index (χ1) is 5.93. The highest BCUT2D eigenvalue weighted by Gasteiger charge is 2.01. The van der Waals surface area contributed by atoms with Crippen LogP contribution >= 0.6 is 0 Å². The molecule has 0 heterocycles. The van der Waals surface area contributed by atoms with Crippen molar-refractivity contribution in [2.45, 2.75) is 7.43 Å². The van der Waals surface area contributed by atoms with Gasteiger partial charge in [-0.15, -0.1) is 0 Å². The lowest BCUT2D eigenvalue weighted by molar-refractivity contribution is 0.0924. The zero-order valence-corrected chi connectivity index (χ0v) is 8.58. The predicted octanol–water partition coefficient (Wildman–Crippen LogP) is 0.559. The van der Waals surface area contributed by atoms with Gasteiger partial charge in [-0.3, -0.25) is 8.37 Å². The zero-order valence-electron chi connectivity index (χ0n) is 7.77. The Morgan fingerprint density at radius 1 is 0.929 bits per heavy atom. The molecular weight excluding hydrogens is 216 g/mol. The molecule has 0 spiro atoms. The van der Waals surface area contributed by atoms with E-state index < -0.39 is 16.6 Å². The number of methoxy groups -OCH3 is 2. The van der Waals surface area contributed by atoms with E-state index >= 15 is 0 Å². The molecule has 0 aliphatic heterocycles. The van der Waals surface area contributed by atoms with Gasteiger partial charge in [-0.1, -0.05) is 7.43 Å². The number of hydrogen-bond acceptors (Lipinski definition) is 7. The molecule has 0 rings (SSSR count). The lowest BCUT2D eigenvalue weighted by atomic mass is 11.3. The molecule has 0 aliphatic rings. The van der Waals surface area contributed by atoms with Crippen LogP contribution in [0.4, 0.5) is 4.79 Å². The van der Waals surface area contributed by atoms with Crippen LogP contribution in [0, 0.1) is 0 Å². The smallest absolute Gasteiger partial charge is 0.438 e. The fourth-order valence-electron chi connectivity index (χ4n) is 0.151. The van der Waals surface area contributed by atoms with E-state index in [-0.39, 0.29) is 7.43 Å². The molecule has 0 amide bonds. The third-order valence-electron chi connectivity index (χ3n) is 0.742. The minimum Gasteiger partial charge on any atom is -0.438 e. The molecule has 0 saturated carbocycles. The Morgan fingerprint density at radius 2 is 1.21 bits per heavy atom. The van der Waals surface area contributed by atoms with Gasteiger partial charge in [-0.25, -0.2) is 4.79 Å². The molecule has 0 aromatic heterocycles. The van der Waals surface area contributed by atoms with Crippen LogP contribution in [0.3, 0.4) is 0 Å². The van der Waals surface area contributed by atoms with Crippen molar-refractivity contribution in [1.82, 2.24) is 0 Å². The van der Waals surface area contributed by atoms with E-state index in [0.717, 1.165) is 14.2 Å². The van der Waals surface area contributed by atoms with Crippen molar-refractivity contribution in [3.05, 3.63) is 0 Å². The van der Waals surface area contributed by atoms with Gasteiger partial charge < -0.3 is 9.47 Å². The summed E-state index contributed by atoms with van der Waals surface area (Å²) in [5, 5.41) is 0. The van der Waals surface area contributed by atoms with Crippen LogP contribution in [0.1, 0.15) is 7.43 Å². The van der Waals surface area contributed by atoms with Crippen LogP contribution in [0.5, 0.6) is 0 Å². The van der Waals surface area contributed by atoms with Gasteiger partial charge in [0.1, 0.15) is 0 Å². The van der Waals surface area contributed by atoms with E-state index in [1.54, 1.807) is 0 Å². The van der Waals surface area contributed by atoms with Gasteiger partial charge in [0.25, 0.3) is 0 Å². The first kappa shape index (κ1) is 18.8. The zero-order chi connectivity index (χ0) is 10.9. The molecule has 0 unspecified atom stereocenters. The molecule has 0 radical (unpaired) electrons. The molecule has 0 bridgehead atoms. The highest BCUT2D eigenvalue weighted by atomic mass is 32.3. The monoisotopic (exact) mass is 232 g/mol. The van der Waals surface area contributed by atoms with Crippen LogP contribution in [-0.2, 0) is 28.2 Å². The number of hydrogen-bond donors (Lipinski definition) is 0. The standard InChI is InChI=1S/C3H6O3.C2H6O4S.CH4/c1-5-3(4)6-2;1-5-7(3,4)6-2;/h1-2H3;1-2H3;1H4. The fourth-order valence-corrected chi connectivity index (χ4v) is 0.287. The average molecular weight is 232 g/mol. The Bertz CT molecular complexity index is 204. The third kappa shape index (κ3) is 13.7. The minimum absolute atomic E-state index is 0. The van der Waals surface area contributed by atoms with Gasteiger partial charge >= 0.3 is 16.6 Å². The highest BCUT2D eigenvalue weighted by molar-refractivity contribution is 7.81. The molecule has 0 saturated heterocycles. The van der Waals surface area contributed by atoms with Crippen molar-refractivity contribution in [3.63, 3.8) is 0 Å². The molecule has 0 atom stereocenters. The van der Waals surface area contributed by atoms with Gasteiger partial charge in [0.15, 0.2) is 0 Å². The van der Waals surface area contributed by atoms with E-state index in [1.807, 2.05) is 0 Å². The van der Waals surface area contributed by atoms with Gasteiger partial charge in [-0.05, 0) is 0 Å². The Hall–Kier alpha value is -0.860. The van der Waals surface area contributed by atoms with Gasteiger partial charge in [0.2, 0.25) is 0 Å². The maximum atomic E-state index is 9.92. The summed E-state index contributed by atoms with van der Waals surface area (Å²) in [6.07, 6.45) is -0.657. The van der Waals surface area contributed by atoms with E-state index in [0.29, 0.717) is 0 Å². The van der Waals surface area contributed by atoms with Crippen LogP contribution < -0.4 is 0 Å². The van der Waals surface area contributed by atoms with Crippen molar-refractivity contribution in [2.75, 3.05) is 28.4 Å². The summed E-state index contributed by atoms with van der Waals surface area (Å²) in [7, 11) is 0.907.